The lowest BCUT2D eigenvalue weighted by Crippen LogP contribution is -1.91. The molecular weight excluding hydrogens is 172 g/mol. The number of ketones is 1. The Kier molecular flexibility index (Phi) is 5.28. The van der Waals surface area contributed by atoms with Crippen molar-refractivity contribution < 1.29 is 4.79 Å². The molecule has 78 valence electrons. The highest BCUT2D eigenvalue weighted by Gasteiger charge is 2.10. The minimum Gasteiger partial charge on any atom is -0.294 e. The van der Waals surface area contributed by atoms with Gasteiger partial charge in [-0.3, -0.25) is 4.79 Å². The third-order valence-electron chi connectivity index (χ3n) is 2.58. The van der Waals surface area contributed by atoms with Gasteiger partial charge in [0.2, 0.25) is 0 Å². The normalized spacial score (nSPS) is 16.6. The molecule has 1 heteroatoms. The second kappa shape index (κ2) is 6.58. The summed E-state index contributed by atoms with van der Waals surface area (Å²) in [5, 5.41) is 0. The fourth-order valence-corrected chi connectivity index (χ4v) is 1.68. The van der Waals surface area contributed by atoms with Crippen molar-refractivity contribution in [3.8, 4) is 0 Å². The van der Waals surface area contributed by atoms with Gasteiger partial charge in [-0.2, -0.15) is 0 Å². The summed E-state index contributed by atoms with van der Waals surface area (Å²) in [7, 11) is 0. The van der Waals surface area contributed by atoms with Crippen molar-refractivity contribution in [2.75, 3.05) is 0 Å². The largest absolute Gasteiger partial charge is 0.294 e. The quantitative estimate of drug-likeness (QED) is 0.585. The Bertz CT molecular complexity index is 236. The Balaban J connectivity index is 2.11. The van der Waals surface area contributed by atoms with Crippen LogP contribution in [-0.4, -0.2) is 5.78 Å². The molecule has 0 fully saturated rings. The topological polar surface area (TPSA) is 17.1 Å². The maximum absolute atomic E-state index is 11.2. The molecule has 14 heavy (non-hydrogen) atoms. The third kappa shape index (κ3) is 3.91. The summed E-state index contributed by atoms with van der Waals surface area (Å²) in [4.78, 5) is 11.2. The minimum atomic E-state index is 0.315. The van der Waals surface area contributed by atoms with Crippen LogP contribution in [0.4, 0.5) is 0 Å². The van der Waals surface area contributed by atoms with Crippen molar-refractivity contribution >= 4 is 5.78 Å². The van der Waals surface area contributed by atoms with Crippen LogP contribution in [0.3, 0.4) is 0 Å². The summed E-state index contributed by atoms with van der Waals surface area (Å²) in [6.45, 7) is 2.22. The molecule has 0 saturated heterocycles. The lowest BCUT2D eigenvalue weighted by atomic mass is 10.1. The summed E-state index contributed by atoms with van der Waals surface area (Å²) >= 11 is 0. The van der Waals surface area contributed by atoms with Crippen molar-refractivity contribution in [3.05, 3.63) is 23.8 Å². The average Bonchev–Trinajstić information content (AvgIpc) is 2.58. The molecule has 0 N–H and O–H groups in total. The Morgan fingerprint density at radius 2 is 2.21 bits per heavy atom. The Labute approximate surface area is 86.9 Å². The molecule has 0 aliphatic heterocycles. The molecular formula is C13H20O. The van der Waals surface area contributed by atoms with Crippen LogP contribution in [0.25, 0.3) is 0 Å². The summed E-state index contributed by atoms with van der Waals surface area (Å²) < 4.78 is 0. The first-order valence-electron chi connectivity index (χ1n) is 5.74. The smallest absolute Gasteiger partial charge is 0.162 e. The number of carbonyl (C=O) groups excluding carboxylic acids is 1. The molecule has 0 amide bonds. The van der Waals surface area contributed by atoms with E-state index in [0.717, 1.165) is 24.8 Å². The predicted molar refractivity (Wildman–Crippen MR) is 60.2 cm³/mol. The first kappa shape index (κ1) is 11.2. The van der Waals surface area contributed by atoms with Gasteiger partial charge in [0.1, 0.15) is 0 Å². The fraction of sp³-hybridized carbons (Fsp3) is 0.615. The summed E-state index contributed by atoms with van der Waals surface area (Å²) in [6.07, 6.45) is 14.1. The molecule has 0 aromatic carbocycles. The molecule has 0 bridgehead atoms. The van der Waals surface area contributed by atoms with E-state index in [9.17, 15) is 4.79 Å². The standard InChI is InChI=1S/C13H20O/c1-2-3-4-5-6-7-9-12-10-8-11-13(12)14/h7,9-10H,2-6,8,11H2,1H3/b9-7+. The second-order valence-corrected chi connectivity index (χ2v) is 3.87. The van der Waals surface area contributed by atoms with Gasteiger partial charge in [-0.25, -0.2) is 0 Å². The zero-order valence-corrected chi connectivity index (χ0v) is 9.09. The molecule has 1 aliphatic rings. The van der Waals surface area contributed by atoms with E-state index in [0.29, 0.717) is 5.78 Å². The molecule has 0 aromatic rings. The van der Waals surface area contributed by atoms with Gasteiger partial charge >= 0.3 is 0 Å². The molecule has 0 radical (unpaired) electrons. The number of rotatable bonds is 6. The second-order valence-electron chi connectivity index (χ2n) is 3.87. The van der Waals surface area contributed by atoms with Crippen LogP contribution < -0.4 is 0 Å². The number of hydrogen-bond acceptors (Lipinski definition) is 1. The molecule has 1 nitrogen and oxygen atoms in total. The van der Waals surface area contributed by atoms with Crippen LogP contribution >= 0.6 is 0 Å². The highest BCUT2D eigenvalue weighted by Crippen LogP contribution is 2.15. The van der Waals surface area contributed by atoms with E-state index in [-0.39, 0.29) is 0 Å². The van der Waals surface area contributed by atoms with Crippen LogP contribution in [0.15, 0.2) is 23.8 Å². The zero-order chi connectivity index (χ0) is 10.2. The molecule has 1 aliphatic carbocycles. The van der Waals surface area contributed by atoms with Gasteiger partial charge in [0.05, 0.1) is 0 Å². The van der Waals surface area contributed by atoms with E-state index >= 15 is 0 Å². The van der Waals surface area contributed by atoms with Gasteiger partial charge in [0.15, 0.2) is 5.78 Å². The molecule has 0 heterocycles. The predicted octanol–water partition coefficient (Wildman–Crippen LogP) is 3.80. The lowest BCUT2D eigenvalue weighted by molar-refractivity contribution is -0.114. The number of carbonyl (C=O) groups is 1. The van der Waals surface area contributed by atoms with Crippen LogP contribution in [0.5, 0.6) is 0 Å². The molecule has 0 aromatic heterocycles. The first-order valence-corrected chi connectivity index (χ1v) is 5.74. The molecule has 0 spiro atoms. The van der Waals surface area contributed by atoms with Gasteiger partial charge < -0.3 is 0 Å². The molecule has 0 atom stereocenters. The summed E-state index contributed by atoms with van der Waals surface area (Å²) in [6, 6.07) is 0. The van der Waals surface area contributed by atoms with Crippen LogP contribution in [-0.2, 0) is 4.79 Å². The van der Waals surface area contributed by atoms with Crippen LogP contribution in [0.2, 0.25) is 0 Å². The van der Waals surface area contributed by atoms with Crippen molar-refractivity contribution in [2.24, 2.45) is 0 Å². The van der Waals surface area contributed by atoms with Gasteiger partial charge in [0, 0.05) is 12.0 Å². The minimum absolute atomic E-state index is 0.315. The Morgan fingerprint density at radius 3 is 2.86 bits per heavy atom. The zero-order valence-electron chi connectivity index (χ0n) is 9.09. The molecule has 0 saturated carbocycles. The number of allylic oxidation sites excluding steroid dienone is 4. The third-order valence-corrected chi connectivity index (χ3v) is 2.58. The van der Waals surface area contributed by atoms with Gasteiger partial charge in [-0.15, -0.1) is 0 Å². The molecule has 0 unspecified atom stereocenters. The monoisotopic (exact) mass is 192 g/mol. The summed E-state index contributed by atoms with van der Waals surface area (Å²) in [5.41, 5.74) is 0.931. The fourth-order valence-electron chi connectivity index (χ4n) is 1.68. The van der Waals surface area contributed by atoms with Crippen molar-refractivity contribution in [1.29, 1.82) is 0 Å². The number of unbranched alkanes of at least 4 members (excludes halogenated alkanes) is 4. The van der Waals surface area contributed by atoms with Crippen LogP contribution in [0.1, 0.15) is 51.9 Å². The number of hydrogen-bond donors (Lipinski definition) is 0. The summed E-state index contributed by atoms with van der Waals surface area (Å²) in [5.74, 6) is 0.315. The van der Waals surface area contributed by atoms with E-state index in [1.165, 1.54) is 25.7 Å². The average molecular weight is 192 g/mol. The van der Waals surface area contributed by atoms with Gasteiger partial charge in [-0.1, -0.05) is 44.4 Å². The maximum atomic E-state index is 11.2. The Morgan fingerprint density at radius 1 is 1.36 bits per heavy atom. The van der Waals surface area contributed by atoms with Gasteiger partial charge in [0.25, 0.3) is 0 Å². The van der Waals surface area contributed by atoms with E-state index < -0.39 is 0 Å². The van der Waals surface area contributed by atoms with Crippen molar-refractivity contribution in [2.45, 2.75) is 51.9 Å². The van der Waals surface area contributed by atoms with Crippen LogP contribution in [0, 0.1) is 0 Å². The highest BCUT2D eigenvalue weighted by atomic mass is 16.1. The van der Waals surface area contributed by atoms with Crippen molar-refractivity contribution in [1.82, 2.24) is 0 Å². The van der Waals surface area contributed by atoms with E-state index in [1.807, 2.05) is 12.2 Å². The van der Waals surface area contributed by atoms with Gasteiger partial charge in [-0.05, 0) is 19.3 Å². The highest BCUT2D eigenvalue weighted by molar-refractivity contribution is 6.00. The maximum Gasteiger partial charge on any atom is 0.162 e. The SMILES string of the molecule is CCCCCC/C=C/C1=CCCC1=O. The first-order chi connectivity index (χ1) is 6.84. The number of Topliss-reactive ketones (excluding diaryl/α,β-unsaturated/α-hetero) is 1. The van der Waals surface area contributed by atoms with Crippen molar-refractivity contribution in [3.63, 3.8) is 0 Å². The Hall–Kier alpha value is -0.850. The van der Waals surface area contributed by atoms with E-state index in [1.54, 1.807) is 0 Å². The van der Waals surface area contributed by atoms with E-state index in [2.05, 4.69) is 13.0 Å². The molecule has 1 rings (SSSR count). The van der Waals surface area contributed by atoms with E-state index in [4.69, 9.17) is 0 Å². The lowest BCUT2D eigenvalue weighted by Gasteiger charge is -1.94.